The number of oxazole rings is 1. The van der Waals surface area contributed by atoms with Crippen molar-refractivity contribution in [1.29, 1.82) is 0 Å². The Balaban J connectivity index is 1.70. The highest BCUT2D eigenvalue weighted by molar-refractivity contribution is 7.13. The van der Waals surface area contributed by atoms with Crippen LogP contribution in [-0.4, -0.2) is 35.5 Å². The van der Waals surface area contributed by atoms with E-state index >= 15 is 0 Å². The molecule has 7 heteroatoms. The van der Waals surface area contributed by atoms with Gasteiger partial charge in [0, 0.05) is 23.1 Å². The highest BCUT2D eigenvalue weighted by atomic mass is 32.1. The van der Waals surface area contributed by atoms with E-state index in [1.807, 2.05) is 25.5 Å². The molecule has 0 aliphatic carbocycles. The molecule has 0 aliphatic heterocycles. The lowest BCUT2D eigenvalue weighted by atomic mass is 10.0. The van der Waals surface area contributed by atoms with Crippen LogP contribution in [0, 0.1) is 5.82 Å². The number of halogens is 1. The Morgan fingerprint density at radius 3 is 2.89 bits per heavy atom. The third-order valence-corrected chi connectivity index (χ3v) is 5.22. The molecule has 1 N–H and O–H groups in total. The number of thiazole rings is 1. The molecule has 0 atom stereocenters. The standard InChI is InChI=1S/C20H18FN3O2S/c1-24(2)8-7-12-9-14(21)4-5-15(12)19-22-17(11-27-19)13-3-6-16-18(10-13)26-20(25)23-16/h3-6,9-11H,7-8H2,1-2H3,(H,23,25). The van der Waals surface area contributed by atoms with Crippen molar-refractivity contribution in [2.24, 2.45) is 0 Å². The van der Waals surface area contributed by atoms with Gasteiger partial charge in [0.1, 0.15) is 10.8 Å². The largest absolute Gasteiger partial charge is 0.417 e. The minimum absolute atomic E-state index is 0.239. The van der Waals surface area contributed by atoms with Gasteiger partial charge in [0.15, 0.2) is 5.58 Å². The van der Waals surface area contributed by atoms with Crippen molar-refractivity contribution in [2.75, 3.05) is 20.6 Å². The van der Waals surface area contributed by atoms with E-state index in [0.717, 1.165) is 40.4 Å². The molecule has 0 amide bonds. The van der Waals surface area contributed by atoms with Crippen LogP contribution in [0.1, 0.15) is 5.56 Å². The van der Waals surface area contributed by atoms with Crippen molar-refractivity contribution in [3.63, 3.8) is 0 Å². The van der Waals surface area contributed by atoms with Crippen LogP contribution in [0.2, 0.25) is 0 Å². The van der Waals surface area contributed by atoms with Gasteiger partial charge in [0.2, 0.25) is 0 Å². The predicted molar refractivity (Wildman–Crippen MR) is 106 cm³/mol. The topological polar surface area (TPSA) is 62.1 Å². The first-order valence-corrected chi connectivity index (χ1v) is 9.40. The van der Waals surface area contributed by atoms with Gasteiger partial charge >= 0.3 is 5.76 Å². The van der Waals surface area contributed by atoms with Gasteiger partial charge in [-0.1, -0.05) is 6.07 Å². The molecule has 2 aromatic carbocycles. The van der Waals surface area contributed by atoms with E-state index in [4.69, 9.17) is 9.40 Å². The zero-order chi connectivity index (χ0) is 19.0. The molecule has 27 heavy (non-hydrogen) atoms. The third kappa shape index (κ3) is 3.70. The van der Waals surface area contributed by atoms with Crippen molar-refractivity contribution >= 4 is 22.4 Å². The summed E-state index contributed by atoms with van der Waals surface area (Å²) in [6.07, 6.45) is 0.746. The van der Waals surface area contributed by atoms with E-state index in [9.17, 15) is 9.18 Å². The Labute approximate surface area is 159 Å². The number of fused-ring (bicyclic) bond motifs is 1. The number of hydrogen-bond donors (Lipinski definition) is 1. The Morgan fingerprint density at radius 1 is 1.22 bits per heavy atom. The Hall–Kier alpha value is -2.77. The number of hydrogen-bond acceptors (Lipinski definition) is 5. The predicted octanol–water partition coefficient (Wildman–Crippen LogP) is 4.15. The Kier molecular flexibility index (Phi) is 4.63. The molecule has 0 aliphatic rings. The van der Waals surface area contributed by atoms with Crippen LogP contribution in [0.25, 0.3) is 32.9 Å². The summed E-state index contributed by atoms with van der Waals surface area (Å²) < 4.78 is 18.9. The molecule has 0 saturated carbocycles. The molecule has 2 aromatic heterocycles. The maximum Gasteiger partial charge on any atom is 0.417 e. The van der Waals surface area contributed by atoms with Crippen molar-refractivity contribution in [3.05, 3.63) is 63.7 Å². The minimum Gasteiger partial charge on any atom is -0.408 e. The number of nitrogens with one attached hydrogen (secondary N) is 1. The molecule has 4 rings (SSSR count). The van der Waals surface area contributed by atoms with Crippen LogP contribution >= 0.6 is 11.3 Å². The molecule has 0 saturated heterocycles. The molecule has 0 unspecified atom stereocenters. The summed E-state index contributed by atoms with van der Waals surface area (Å²) >= 11 is 1.52. The summed E-state index contributed by atoms with van der Waals surface area (Å²) in [5, 5.41) is 2.80. The molecule has 0 spiro atoms. The fraction of sp³-hybridized carbons (Fsp3) is 0.200. The second kappa shape index (κ2) is 7.09. The zero-order valence-electron chi connectivity index (χ0n) is 15.0. The average molecular weight is 383 g/mol. The highest BCUT2D eigenvalue weighted by Gasteiger charge is 2.13. The van der Waals surface area contributed by atoms with Crippen molar-refractivity contribution in [1.82, 2.24) is 14.9 Å². The SMILES string of the molecule is CN(C)CCc1cc(F)ccc1-c1nc(-c2ccc3[nH]c(=O)oc3c2)cs1. The van der Waals surface area contributed by atoms with Gasteiger partial charge in [-0.3, -0.25) is 4.98 Å². The van der Waals surface area contributed by atoms with Crippen LogP contribution < -0.4 is 5.76 Å². The number of aromatic amines is 1. The van der Waals surface area contributed by atoms with Crippen molar-refractivity contribution in [2.45, 2.75) is 6.42 Å². The van der Waals surface area contributed by atoms with Gasteiger partial charge in [-0.2, -0.15) is 0 Å². The van der Waals surface area contributed by atoms with Gasteiger partial charge in [-0.15, -0.1) is 11.3 Å². The normalized spacial score (nSPS) is 11.6. The van der Waals surface area contributed by atoms with Crippen molar-refractivity contribution in [3.8, 4) is 21.8 Å². The average Bonchev–Trinajstić information content (AvgIpc) is 3.25. The molecular weight excluding hydrogens is 365 g/mol. The van der Waals surface area contributed by atoms with E-state index in [0.29, 0.717) is 11.1 Å². The fourth-order valence-corrected chi connectivity index (χ4v) is 3.85. The number of H-pyrrole nitrogens is 1. The molecule has 5 nitrogen and oxygen atoms in total. The number of likely N-dealkylation sites (N-methyl/N-ethyl adjacent to an activating group) is 1. The lowest BCUT2D eigenvalue weighted by Crippen LogP contribution is -2.15. The maximum atomic E-state index is 13.7. The van der Waals surface area contributed by atoms with Crippen molar-refractivity contribution < 1.29 is 8.81 Å². The minimum atomic E-state index is -0.474. The maximum absolute atomic E-state index is 13.7. The quantitative estimate of drug-likeness (QED) is 0.562. The molecular formula is C20H18FN3O2S. The van der Waals surface area contributed by atoms with Crippen LogP contribution in [0.4, 0.5) is 4.39 Å². The summed E-state index contributed by atoms with van der Waals surface area (Å²) in [7, 11) is 3.99. The second-order valence-corrected chi connectivity index (χ2v) is 7.48. The summed E-state index contributed by atoms with van der Waals surface area (Å²) in [6, 6.07) is 10.3. The third-order valence-electron chi connectivity index (χ3n) is 4.35. The Bertz CT molecular complexity index is 1160. The summed E-state index contributed by atoms with van der Waals surface area (Å²) in [5.74, 6) is -0.713. The van der Waals surface area contributed by atoms with E-state index < -0.39 is 5.76 Å². The van der Waals surface area contributed by atoms with Crippen LogP contribution in [0.3, 0.4) is 0 Å². The van der Waals surface area contributed by atoms with Gasteiger partial charge in [0.05, 0.1) is 11.2 Å². The second-order valence-electron chi connectivity index (χ2n) is 6.62. The first-order valence-electron chi connectivity index (χ1n) is 8.52. The first kappa shape index (κ1) is 17.6. The van der Waals surface area contributed by atoms with Gasteiger partial charge in [-0.05, 0) is 56.4 Å². The van der Waals surface area contributed by atoms with Gasteiger partial charge in [0.25, 0.3) is 0 Å². The van der Waals surface area contributed by atoms with E-state index in [1.165, 1.54) is 17.4 Å². The molecule has 0 radical (unpaired) electrons. The Morgan fingerprint density at radius 2 is 2.07 bits per heavy atom. The summed E-state index contributed by atoms with van der Waals surface area (Å²) in [4.78, 5) is 20.8. The number of nitrogens with zero attached hydrogens (tertiary/aromatic N) is 2. The fourth-order valence-electron chi connectivity index (χ4n) is 2.96. The van der Waals surface area contributed by atoms with E-state index in [-0.39, 0.29) is 5.82 Å². The zero-order valence-corrected chi connectivity index (χ0v) is 15.8. The van der Waals surface area contributed by atoms with E-state index in [2.05, 4.69) is 9.88 Å². The molecule has 2 heterocycles. The smallest absolute Gasteiger partial charge is 0.408 e. The van der Waals surface area contributed by atoms with Crippen LogP contribution in [-0.2, 0) is 6.42 Å². The lowest BCUT2D eigenvalue weighted by Gasteiger charge is -2.12. The number of aromatic nitrogens is 2. The molecule has 138 valence electrons. The van der Waals surface area contributed by atoms with Gasteiger partial charge in [-0.25, -0.2) is 14.2 Å². The molecule has 0 fully saturated rings. The number of rotatable bonds is 5. The first-order chi connectivity index (χ1) is 13.0. The number of benzene rings is 2. The summed E-state index contributed by atoms with van der Waals surface area (Å²) in [6.45, 7) is 0.831. The van der Waals surface area contributed by atoms with Crippen LogP contribution in [0.5, 0.6) is 0 Å². The van der Waals surface area contributed by atoms with Crippen LogP contribution in [0.15, 0.2) is 51.0 Å². The van der Waals surface area contributed by atoms with Gasteiger partial charge < -0.3 is 9.32 Å². The molecule has 4 aromatic rings. The summed E-state index contributed by atoms with van der Waals surface area (Å²) in [5.41, 5.74) is 4.71. The molecule has 0 bridgehead atoms. The van der Waals surface area contributed by atoms with E-state index in [1.54, 1.807) is 24.3 Å². The lowest BCUT2D eigenvalue weighted by molar-refractivity contribution is 0.413. The monoisotopic (exact) mass is 383 g/mol. The highest BCUT2D eigenvalue weighted by Crippen LogP contribution is 2.32.